The number of nitrogens with one attached hydrogen (secondary N) is 2. The zero-order chi connectivity index (χ0) is 31.6. The van der Waals surface area contributed by atoms with E-state index in [-0.39, 0.29) is 32.8 Å². The number of H-pyrrole nitrogens is 1. The van der Waals surface area contributed by atoms with Crippen molar-refractivity contribution in [3.63, 3.8) is 0 Å². The number of aromatic nitrogens is 6. The number of aromatic amines is 1. The molecule has 0 saturated heterocycles. The summed E-state index contributed by atoms with van der Waals surface area (Å²) in [6, 6.07) is 24.9. The van der Waals surface area contributed by atoms with Gasteiger partial charge in [-0.25, -0.2) is 0 Å². The van der Waals surface area contributed by atoms with Crippen LogP contribution in [0.4, 0.5) is 5.69 Å². The van der Waals surface area contributed by atoms with Crippen LogP contribution in [0.3, 0.4) is 0 Å². The number of amides is 1. The van der Waals surface area contributed by atoms with Gasteiger partial charge in [0.25, 0.3) is 11.1 Å². The van der Waals surface area contributed by atoms with E-state index in [0.29, 0.717) is 18.5 Å². The van der Waals surface area contributed by atoms with Crippen molar-refractivity contribution in [1.29, 1.82) is 0 Å². The molecular formula is C30H31N9O3S2. The van der Waals surface area contributed by atoms with Gasteiger partial charge in [-0.3, -0.25) is 19.5 Å². The molecule has 0 aliphatic carbocycles. The van der Waals surface area contributed by atoms with Crippen molar-refractivity contribution < 1.29 is 4.79 Å². The van der Waals surface area contributed by atoms with Gasteiger partial charge in [0.2, 0.25) is 15.8 Å². The Labute approximate surface area is 262 Å². The van der Waals surface area contributed by atoms with Crippen molar-refractivity contribution in [2.24, 2.45) is 0 Å². The molecule has 0 aliphatic rings. The maximum absolute atomic E-state index is 12.4. The van der Waals surface area contributed by atoms with Crippen LogP contribution in [0, 0.1) is 18.6 Å². The lowest BCUT2D eigenvalue weighted by atomic mass is 10.1. The first-order chi connectivity index (χ1) is 21.1. The molecule has 12 nitrogen and oxygen atoms in total. The minimum absolute atomic E-state index is 0.0662. The van der Waals surface area contributed by atoms with Crippen molar-refractivity contribution in [2.75, 3.05) is 22.8 Å². The number of carbonyl (C=O) groups is 1. The topological polar surface area (TPSA) is 180 Å². The largest absolute Gasteiger partial charge is 0.334 e. The third-order valence-corrected chi connectivity index (χ3v) is 7.56. The first kappa shape index (κ1) is 31.8. The molecule has 14 heteroatoms. The summed E-state index contributed by atoms with van der Waals surface area (Å²) in [5.74, 6) is 11.2. The van der Waals surface area contributed by atoms with Crippen molar-refractivity contribution in [3.8, 4) is 0 Å². The number of nitrogens with zero attached hydrogens (tertiary/aromatic N) is 5. The molecular weight excluding hydrogens is 599 g/mol. The number of thioether (sulfide) groups is 1. The van der Waals surface area contributed by atoms with Gasteiger partial charge in [0, 0.05) is 18.5 Å². The van der Waals surface area contributed by atoms with Crippen LogP contribution in [0.5, 0.6) is 0 Å². The molecule has 0 atom stereocenters. The van der Waals surface area contributed by atoms with E-state index >= 15 is 0 Å². The Hall–Kier alpha value is -5.08. The molecule has 226 valence electrons. The molecule has 0 radical (unpaired) electrons. The average molecular weight is 630 g/mol. The maximum Gasteiger partial charge on any atom is 0.295 e. The van der Waals surface area contributed by atoms with Gasteiger partial charge in [-0.15, -0.1) is 10.2 Å². The molecule has 2 aromatic heterocycles. The van der Waals surface area contributed by atoms with E-state index in [4.69, 9.17) is 23.9 Å². The fourth-order valence-electron chi connectivity index (χ4n) is 3.96. The summed E-state index contributed by atoms with van der Waals surface area (Å²) in [5.41, 5.74) is 4.57. The summed E-state index contributed by atoms with van der Waals surface area (Å²) in [4.78, 5) is 36.4. The Bertz CT molecular complexity index is 1930. The fraction of sp³-hybridized carbons (Fsp3) is 0.167. The lowest BCUT2D eigenvalue weighted by Gasteiger charge is -2.10. The van der Waals surface area contributed by atoms with Crippen molar-refractivity contribution in [2.45, 2.75) is 31.8 Å². The van der Waals surface area contributed by atoms with E-state index in [1.54, 1.807) is 0 Å². The highest BCUT2D eigenvalue weighted by atomic mass is 32.2. The molecule has 0 spiro atoms. The van der Waals surface area contributed by atoms with Gasteiger partial charge in [-0.1, -0.05) is 84.6 Å². The Morgan fingerprint density at radius 3 is 2.09 bits per heavy atom. The quantitative estimate of drug-likeness (QED) is 0.113. The summed E-state index contributed by atoms with van der Waals surface area (Å²) in [7, 11) is 0. The fourth-order valence-corrected chi connectivity index (χ4v) is 4.74. The second-order valence-electron chi connectivity index (χ2n) is 9.74. The Morgan fingerprint density at radius 2 is 1.45 bits per heavy atom. The van der Waals surface area contributed by atoms with Crippen LogP contribution in [0.1, 0.15) is 33.6 Å². The predicted octanol–water partition coefficient (Wildman–Crippen LogP) is 2.90. The van der Waals surface area contributed by atoms with Crippen LogP contribution in [0.25, 0.3) is 0 Å². The lowest BCUT2D eigenvalue weighted by Crippen LogP contribution is -2.34. The van der Waals surface area contributed by atoms with Gasteiger partial charge in [0.15, 0.2) is 0 Å². The van der Waals surface area contributed by atoms with Crippen molar-refractivity contribution in [1.82, 2.24) is 29.7 Å². The van der Waals surface area contributed by atoms with Crippen LogP contribution in [-0.2, 0) is 17.6 Å². The number of nitrogens with two attached hydrogens (primary N) is 2. The number of nitrogen functional groups attached to an aromatic ring is 2. The SMILES string of the molecule is Cc1ccc(C)c(NC(=O)CSc2nnc(Cc3ccccc3)c(=O)n2N)c1.Nn1c(=S)[nH]nc(Cc2ccccc2)c1=O. The lowest BCUT2D eigenvalue weighted by molar-refractivity contribution is -0.113. The minimum atomic E-state index is -0.420. The van der Waals surface area contributed by atoms with E-state index < -0.39 is 5.56 Å². The molecule has 0 unspecified atom stereocenters. The standard InChI is InChI=1S/C20H21N5O2S.C10H10N4OS/c1-13-8-9-14(2)16(10-13)22-18(26)12-28-20-24-23-17(19(27)25(20)21)11-15-6-4-3-5-7-15;11-14-9(15)8(12-13-10(14)16)6-7-4-2-1-3-5-7/h3-10H,11-12,21H2,1-2H3,(H,22,26);1-5H,6,11H2,(H,13,16). The molecule has 44 heavy (non-hydrogen) atoms. The number of carbonyl (C=O) groups excluding carboxylic acids is 1. The van der Waals surface area contributed by atoms with E-state index in [1.807, 2.05) is 92.7 Å². The molecule has 0 fully saturated rings. The normalized spacial score (nSPS) is 10.5. The van der Waals surface area contributed by atoms with Gasteiger partial charge in [-0.05, 0) is 54.4 Å². The zero-order valence-electron chi connectivity index (χ0n) is 24.1. The second-order valence-corrected chi connectivity index (χ2v) is 11.1. The van der Waals surface area contributed by atoms with Crippen LogP contribution in [0.2, 0.25) is 0 Å². The van der Waals surface area contributed by atoms with Crippen LogP contribution in [-0.4, -0.2) is 41.4 Å². The van der Waals surface area contributed by atoms with E-state index in [9.17, 15) is 14.4 Å². The highest BCUT2D eigenvalue weighted by molar-refractivity contribution is 7.99. The average Bonchev–Trinajstić information content (AvgIpc) is 3.02. The number of hydrogen-bond acceptors (Lipinski definition) is 10. The number of benzene rings is 3. The molecule has 1 amide bonds. The highest BCUT2D eigenvalue weighted by Crippen LogP contribution is 2.18. The molecule has 0 bridgehead atoms. The van der Waals surface area contributed by atoms with E-state index in [0.717, 1.165) is 49.1 Å². The first-order valence-corrected chi connectivity index (χ1v) is 14.8. The summed E-state index contributed by atoms with van der Waals surface area (Å²) in [6.07, 6.45) is 0.783. The third kappa shape index (κ3) is 8.49. The maximum atomic E-state index is 12.4. The predicted molar refractivity (Wildman–Crippen MR) is 174 cm³/mol. The van der Waals surface area contributed by atoms with Gasteiger partial charge < -0.3 is 17.0 Å². The van der Waals surface area contributed by atoms with Crippen LogP contribution < -0.4 is 28.1 Å². The molecule has 2 heterocycles. The van der Waals surface area contributed by atoms with Crippen LogP contribution >= 0.6 is 24.0 Å². The zero-order valence-corrected chi connectivity index (χ0v) is 25.7. The third-order valence-electron chi connectivity index (χ3n) is 6.33. The highest BCUT2D eigenvalue weighted by Gasteiger charge is 2.14. The van der Waals surface area contributed by atoms with Crippen LogP contribution in [0.15, 0.2) is 93.6 Å². The molecule has 5 aromatic rings. The second kappa shape index (κ2) is 14.9. The van der Waals surface area contributed by atoms with Gasteiger partial charge in [0.1, 0.15) is 11.4 Å². The Morgan fingerprint density at radius 1 is 0.864 bits per heavy atom. The van der Waals surface area contributed by atoms with Crippen molar-refractivity contribution in [3.05, 3.63) is 138 Å². The monoisotopic (exact) mass is 629 g/mol. The van der Waals surface area contributed by atoms with Crippen molar-refractivity contribution >= 4 is 35.6 Å². The molecule has 0 saturated carbocycles. The van der Waals surface area contributed by atoms with Gasteiger partial charge >= 0.3 is 0 Å². The Kier molecular flexibility index (Phi) is 10.8. The summed E-state index contributed by atoms with van der Waals surface area (Å²) < 4.78 is 1.95. The number of rotatable bonds is 8. The molecule has 5 rings (SSSR count). The Balaban J connectivity index is 0.000000233. The molecule has 3 aromatic carbocycles. The number of anilines is 1. The summed E-state index contributed by atoms with van der Waals surface area (Å²) >= 11 is 5.85. The number of aryl methyl sites for hydroxylation is 2. The summed E-state index contributed by atoms with van der Waals surface area (Å²) in [6.45, 7) is 3.89. The molecule has 0 aliphatic heterocycles. The first-order valence-electron chi connectivity index (χ1n) is 13.4. The van der Waals surface area contributed by atoms with Gasteiger partial charge in [-0.2, -0.15) is 14.5 Å². The number of hydrogen-bond donors (Lipinski definition) is 4. The minimum Gasteiger partial charge on any atom is -0.334 e. The van der Waals surface area contributed by atoms with E-state index in [2.05, 4.69) is 25.7 Å². The molecule has 6 N–H and O–H groups in total. The smallest absolute Gasteiger partial charge is 0.295 e. The summed E-state index contributed by atoms with van der Waals surface area (Å²) in [5, 5.41) is 17.5. The van der Waals surface area contributed by atoms with E-state index in [1.165, 1.54) is 0 Å². The van der Waals surface area contributed by atoms with Gasteiger partial charge in [0.05, 0.1) is 5.75 Å².